The fourth-order valence-electron chi connectivity index (χ4n) is 2.69. The molecule has 0 aliphatic carbocycles. The molecule has 1 fully saturated rings. The van der Waals surface area contributed by atoms with E-state index in [1.807, 2.05) is 38.1 Å². The van der Waals surface area contributed by atoms with Crippen LogP contribution in [0.1, 0.15) is 18.1 Å². The van der Waals surface area contributed by atoms with Crippen LogP contribution in [0, 0.1) is 6.92 Å². The summed E-state index contributed by atoms with van der Waals surface area (Å²) in [5.74, 6) is 0.138. The topological polar surface area (TPSA) is 81.9 Å². The number of benzene rings is 2. The molecule has 0 atom stereocenters. The molecule has 0 unspecified atom stereocenters. The maximum Gasteiger partial charge on any atom is 0.270 e. The number of carbonyl (C=O) groups excluding carboxylic acids is 2. The number of carbonyl (C=O) groups is 2. The van der Waals surface area contributed by atoms with Crippen LogP contribution in [0.4, 0.5) is 5.69 Å². The zero-order chi connectivity index (χ0) is 21.0. The SMILES string of the molecule is CCOc1cc(/C=C2/SC(=S)N(c3ccc(C)cc3)C2=O)ccc1OCC(N)=O. The predicted molar refractivity (Wildman–Crippen MR) is 119 cm³/mol. The van der Waals surface area contributed by atoms with E-state index in [-0.39, 0.29) is 12.5 Å². The van der Waals surface area contributed by atoms with Crippen molar-refractivity contribution in [1.29, 1.82) is 0 Å². The minimum atomic E-state index is -0.573. The Morgan fingerprint density at radius 3 is 2.55 bits per heavy atom. The largest absolute Gasteiger partial charge is 0.490 e. The van der Waals surface area contributed by atoms with Crippen LogP contribution in [-0.2, 0) is 9.59 Å². The van der Waals surface area contributed by atoms with Gasteiger partial charge in [0.15, 0.2) is 22.4 Å². The maximum atomic E-state index is 12.9. The van der Waals surface area contributed by atoms with Gasteiger partial charge in [-0.15, -0.1) is 0 Å². The molecule has 0 radical (unpaired) electrons. The van der Waals surface area contributed by atoms with Crippen molar-refractivity contribution in [1.82, 2.24) is 0 Å². The lowest BCUT2D eigenvalue weighted by molar-refractivity contribution is -0.120. The molecule has 3 rings (SSSR count). The lowest BCUT2D eigenvalue weighted by atomic mass is 10.1. The third-order valence-electron chi connectivity index (χ3n) is 4.02. The smallest absolute Gasteiger partial charge is 0.270 e. The fraction of sp³-hybridized carbons (Fsp3) is 0.190. The second-order valence-electron chi connectivity index (χ2n) is 6.25. The molecule has 0 bridgehead atoms. The van der Waals surface area contributed by atoms with Crippen LogP contribution in [0.15, 0.2) is 47.4 Å². The summed E-state index contributed by atoms with van der Waals surface area (Å²) in [5.41, 5.74) is 7.73. The van der Waals surface area contributed by atoms with Gasteiger partial charge in [0.1, 0.15) is 0 Å². The Labute approximate surface area is 178 Å². The van der Waals surface area contributed by atoms with Crippen molar-refractivity contribution < 1.29 is 19.1 Å². The number of amides is 2. The summed E-state index contributed by atoms with van der Waals surface area (Å²) in [6, 6.07) is 12.8. The summed E-state index contributed by atoms with van der Waals surface area (Å²) in [6.45, 7) is 4.01. The molecule has 2 amide bonds. The Balaban J connectivity index is 1.86. The molecule has 6 nitrogen and oxygen atoms in total. The first kappa shape index (κ1) is 20.9. The van der Waals surface area contributed by atoms with Crippen LogP contribution in [0.5, 0.6) is 11.5 Å². The molecule has 0 aromatic heterocycles. The van der Waals surface area contributed by atoms with Gasteiger partial charge in [0.25, 0.3) is 11.8 Å². The highest BCUT2D eigenvalue weighted by molar-refractivity contribution is 8.27. The molecular formula is C21H20N2O4S2. The van der Waals surface area contributed by atoms with Gasteiger partial charge in [0, 0.05) is 0 Å². The average Bonchev–Trinajstić information content (AvgIpc) is 2.95. The number of nitrogens with two attached hydrogens (primary N) is 1. The number of ether oxygens (including phenoxy) is 2. The first-order chi connectivity index (χ1) is 13.9. The number of nitrogens with zero attached hydrogens (tertiary/aromatic N) is 1. The van der Waals surface area contributed by atoms with E-state index in [4.69, 9.17) is 27.4 Å². The molecular weight excluding hydrogens is 408 g/mol. The number of primary amides is 1. The van der Waals surface area contributed by atoms with Crippen molar-refractivity contribution in [2.75, 3.05) is 18.1 Å². The zero-order valence-electron chi connectivity index (χ0n) is 16.0. The summed E-state index contributed by atoms with van der Waals surface area (Å²) in [5, 5.41) is 0. The normalized spacial score (nSPS) is 15.1. The standard InChI is InChI=1S/C21H20N2O4S2/c1-3-26-17-10-14(6-9-16(17)27-12-19(22)24)11-18-20(25)23(21(28)29-18)15-7-4-13(2)5-8-15/h4-11H,3,12H2,1-2H3,(H2,22,24)/b18-11+. The highest BCUT2D eigenvalue weighted by Gasteiger charge is 2.33. The Kier molecular flexibility index (Phi) is 6.56. The van der Waals surface area contributed by atoms with Gasteiger partial charge in [-0.3, -0.25) is 14.5 Å². The van der Waals surface area contributed by atoms with Crippen LogP contribution in [0.25, 0.3) is 6.08 Å². The summed E-state index contributed by atoms with van der Waals surface area (Å²) >= 11 is 6.66. The van der Waals surface area contributed by atoms with E-state index in [2.05, 4.69) is 0 Å². The average molecular weight is 429 g/mol. The molecule has 1 aliphatic heterocycles. The minimum absolute atomic E-state index is 0.170. The molecule has 29 heavy (non-hydrogen) atoms. The molecule has 150 valence electrons. The van der Waals surface area contributed by atoms with Crippen LogP contribution in [-0.4, -0.2) is 29.3 Å². The minimum Gasteiger partial charge on any atom is -0.490 e. The molecule has 1 saturated heterocycles. The second-order valence-corrected chi connectivity index (χ2v) is 7.92. The molecule has 2 aromatic rings. The summed E-state index contributed by atoms with van der Waals surface area (Å²) in [4.78, 5) is 25.9. The van der Waals surface area contributed by atoms with Crippen molar-refractivity contribution in [3.05, 3.63) is 58.5 Å². The van der Waals surface area contributed by atoms with Crippen molar-refractivity contribution in [3.63, 3.8) is 0 Å². The Bertz CT molecular complexity index is 987. The monoisotopic (exact) mass is 428 g/mol. The first-order valence-corrected chi connectivity index (χ1v) is 10.1. The van der Waals surface area contributed by atoms with Gasteiger partial charge < -0.3 is 15.2 Å². The predicted octanol–water partition coefficient (Wildman–Crippen LogP) is 3.66. The van der Waals surface area contributed by atoms with E-state index in [0.29, 0.717) is 27.3 Å². The molecule has 2 aromatic carbocycles. The van der Waals surface area contributed by atoms with Crippen LogP contribution < -0.4 is 20.1 Å². The molecule has 0 saturated carbocycles. The number of anilines is 1. The van der Waals surface area contributed by atoms with Gasteiger partial charge in [-0.05, 0) is 49.8 Å². The third kappa shape index (κ3) is 4.96. The van der Waals surface area contributed by atoms with E-state index < -0.39 is 5.91 Å². The highest BCUT2D eigenvalue weighted by atomic mass is 32.2. The van der Waals surface area contributed by atoms with Crippen molar-refractivity contribution in [2.45, 2.75) is 13.8 Å². The molecule has 1 aliphatic rings. The third-order valence-corrected chi connectivity index (χ3v) is 5.32. The Morgan fingerprint density at radius 2 is 1.90 bits per heavy atom. The summed E-state index contributed by atoms with van der Waals surface area (Å²) in [7, 11) is 0. The lowest BCUT2D eigenvalue weighted by Crippen LogP contribution is -2.27. The number of thiocarbonyl (C=S) groups is 1. The number of rotatable bonds is 7. The molecule has 2 N–H and O–H groups in total. The highest BCUT2D eigenvalue weighted by Crippen LogP contribution is 2.37. The first-order valence-electron chi connectivity index (χ1n) is 8.91. The number of hydrogen-bond donors (Lipinski definition) is 1. The van der Waals surface area contributed by atoms with Gasteiger partial charge in [-0.1, -0.05) is 47.7 Å². The zero-order valence-corrected chi connectivity index (χ0v) is 17.6. The fourth-order valence-corrected chi connectivity index (χ4v) is 3.99. The molecule has 1 heterocycles. The van der Waals surface area contributed by atoms with E-state index in [9.17, 15) is 9.59 Å². The van der Waals surface area contributed by atoms with Gasteiger partial charge >= 0.3 is 0 Å². The lowest BCUT2D eigenvalue weighted by Gasteiger charge is -2.14. The summed E-state index contributed by atoms with van der Waals surface area (Å²) in [6.07, 6.45) is 1.76. The Morgan fingerprint density at radius 1 is 1.17 bits per heavy atom. The van der Waals surface area contributed by atoms with E-state index >= 15 is 0 Å². The summed E-state index contributed by atoms with van der Waals surface area (Å²) < 4.78 is 11.5. The van der Waals surface area contributed by atoms with E-state index in [1.54, 1.807) is 24.3 Å². The Hall–Kier alpha value is -2.84. The van der Waals surface area contributed by atoms with Gasteiger partial charge in [-0.25, -0.2) is 0 Å². The van der Waals surface area contributed by atoms with Gasteiger partial charge in [0.05, 0.1) is 17.2 Å². The number of hydrogen-bond acceptors (Lipinski definition) is 6. The number of thioether (sulfide) groups is 1. The molecule has 8 heteroatoms. The van der Waals surface area contributed by atoms with E-state index in [0.717, 1.165) is 16.8 Å². The quantitative estimate of drug-likeness (QED) is 0.535. The van der Waals surface area contributed by atoms with Crippen molar-refractivity contribution in [2.24, 2.45) is 5.73 Å². The van der Waals surface area contributed by atoms with Gasteiger partial charge in [-0.2, -0.15) is 0 Å². The van der Waals surface area contributed by atoms with Crippen LogP contribution in [0.3, 0.4) is 0 Å². The maximum absolute atomic E-state index is 12.9. The number of aryl methyl sites for hydroxylation is 1. The molecule has 0 spiro atoms. The van der Waals surface area contributed by atoms with Crippen molar-refractivity contribution >= 4 is 51.9 Å². The van der Waals surface area contributed by atoms with E-state index in [1.165, 1.54) is 16.7 Å². The van der Waals surface area contributed by atoms with Crippen LogP contribution >= 0.6 is 24.0 Å². The van der Waals surface area contributed by atoms with Crippen LogP contribution in [0.2, 0.25) is 0 Å². The van der Waals surface area contributed by atoms with Crippen molar-refractivity contribution in [3.8, 4) is 11.5 Å². The second kappa shape index (κ2) is 9.11. The van der Waals surface area contributed by atoms with Gasteiger partial charge in [0.2, 0.25) is 0 Å².